The second-order valence-corrected chi connectivity index (χ2v) is 3.78. The molecule has 18 heavy (non-hydrogen) atoms. The first-order valence-electron chi connectivity index (χ1n) is 5.37. The molecule has 0 amide bonds. The van der Waals surface area contributed by atoms with Gasteiger partial charge in [-0.15, -0.1) is 24.3 Å². The molecule has 0 spiro atoms. The third kappa shape index (κ3) is 2.34. The minimum absolute atomic E-state index is 0. The minimum atomic E-state index is -0.296. The van der Waals surface area contributed by atoms with Gasteiger partial charge in [0.2, 0.25) is 0 Å². The van der Waals surface area contributed by atoms with Crippen LogP contribution in [0.1, 0.15) is 0 Å². The van der Waals surface area contributed by atoms with Crippen molar-refractivity contribution in [2.75, 3.05) is 0 Å². The van der Waals surface area contributed by atoms with Gasteiger partial charge in [0.1, 0.15) is 0 Å². The van der Waals surface area contributed by atoms with E-state index in [-0.39, 0.29) is 26.9 Å². The fraction of sp³-hybridized carbons (Fsp3) is 0. The number of rotatable bonds is 1. The summed E-state index contributed by atoms with van der Waals surface area (Å²) in [7, 11) is 0. The van der Waals surface area contributed by atoms with E-state index in [0.717, 1.165) is 10.9 Å². The number of aromatic nitrogens is 1. The molecule has 92 valence electrons. The molecule has 3 heteroatoms. The van der Waals surface area contributed by atoms with Crippen molar-refractivity contribution in [2.45, 2.75) is 0 Å². The van der Waals surface area contributed by atoms with Gasteiger partial charge in [0.25, 0.3) is 0 Å². The number of pyridine rings is 1. The average Bonchev–Trinajstić information content (AvgIpc) is 2.39. The molecule has 1 heterocycles. The molecule has 0 saturated carbocycles. The molecule has 0 aliphatic carbocycles. The van der Waals surface area contributed by atoms with Gasteiger partial charge in [0, 0.05) is 26.9 Å². The summed E-state index contributed by atoms with van der Waals surface area (Å²) in [6.45, 7) is 0. The Morgan fingerprint density at radius 3 is 2.61 bits per heavy atom. The zero-order valence-corrected chi connectivity index (χ0v) is 11.6. The molecule has 1 aromatic heterocycles. The van der Waals surface area contributed by atoms with Gasteiger partial charge in [-0.05, 0) is 17.1 Å². The van der Waals surface area contributed by atoms with Crippen LogP contribution in [0.4, 0.5) is 4.39 Å². The Kier molecular flexibility index (Phi) is 3.88. The summed E-state index contributed by atoms with van der Waals surface area (Å²) in [5.41, 5.74) is 1.89. The van der Waals surface area contributed by atoms with Gasteiger partial charge in [-0.25, -0.2) is 0 Å². The molecule has 3 aromatic rings. The van der Waals surface area contributed by atoms with Crippen molar-refractivity contribution in [3.05, 3.63) is 66.5 Å². The number of nitrogens with zero attached hydrogens (tertiary/aromatic N) is 1. The van der Waals surface area contributed by atoms with Crippen LogP contribution >= 0.6 is 0 Å². The molecule has 0 fully saturated rings. The Balaban J connectivity index is 0.00000120. The van der Waals surface area contributed by atoms with E-state index < -0.39 is 0 Å². The summed E-state index contributed by atoms with van der Waals surface area (Å²) in [5, 5.41) is 1.05. The minimum Gasteiger partial charge on any atom is -0.296 e. The van der Waals surface area contributed by atoms with E-state index >= 15 is 0 Å². The number of hydrogen-bond donors (Lipinski definition) is 0. The van der Waals surface area contributed by atoms with Crippen LogP contribution in [0.2, 0.25) is 0 Å². The fourth-order valence-corrected chi connectivity index (χ4v) is 1.82. The van der Waals surface area contributed by atoms with Crippen LogP contribution in [-0.2, 0) is 21.1 Å². The average molecular weight is 417 g/mol. The van der Waals surface area contributed by atoms with Crippen LogP contribution in [0, 0.1) is 11.9 Å². The van der Waals surface area contributed by atoms with E-state index in [2.05, 4.69) is 11.1 Å². The van der Waals surface area contributed by atoms with Gasteiger partial charge < -0.3 is 0 Å². The van der Waals surface area contributed by atoms with Gasteiger partial charge in [-0.2, -0.15) is 0 Å². The first-order chi connectivity index (χ1) is 8.34. The molecule has 2 aromatic carbocycles. The summed E-state index contributed by atoms with van der Waals surface area (Å²) in [5.74, 6) is -0.296. The van der Waals surface area contributed by atoms with Crippen LogP contribution in [0.15, 0.2) is 54.6 Å². The Labute approximate surface area is 119 Å². The zero-order valence-electron chi connectivity index (χ0n) is 9.34. The van der Waals surface area contributed by atoms with E-state index in [4.69, 9.17) is 0 Å². The third-order valence-corrected chi connectivity index (χ3v) is 2.66. The second-order valence-electron chi connectivity index (χ2n) is 3.78. The standard InChI is InChI=1S/C15H9FN.Pt/c16-13-7-3-2-6-12(13)15-10-9-11-5-1-4-8-14(11)17-15;/h1-5,7-10H;/q-1;. The molecule has 0 unspecified atom stereocenters. The maximum absolute atomic E-state index is 13.6. The van der Waals surface area contributed by atoms with E-state index in [1.807, 2.05) is 36.4 Å². The van der Waals surface area contributed by atoms with Crippen LogP contribution in [0.25, 0.3) is 22.2 Å². The molecular formula is C15H9FNPt-. The van der Waals surface area contributed by atoms with Gasteiger partial charge in [-0.1, -0.05) is 35.9 Å². The van der Waals surface area contributed by atoms with E-state index in [1.165, 1.54) is 6.07 Å². The second kappa shape index (κ2) is 5.41. The topological polar surface area (TPSA) is 12.9 Å². The molecule has 0 atom stereocenters. The predicted molar refractivity (Wildman–Crippen MR) is 66.0 cm³/mol. The molecule has 3 rings (SSSR count). The molecule has 0 bridgehead atoms. The number of para-hydroxylation sites is 1. The zero-order chi connectivity index (χ0) is 11.7. The molecule has 1 nitrogen and oxygen atoms in total. The van der Waals surface area contributed by atoms with E-state index in [1.54, 1.807) is 12.1 Å². The summed E-state index contributed by atoms with van der Waals surface area (Å²) < 4.78 is 13.6. The Morgan fingerprint density at radius 2 is 1.78 bits per heavy atom. The molecule has 0 N–H and O–H groups in total. The SMILES string of the molecule is Fc1ccc[c-]c1-c1ccc2ccccc2n1.[Pt]. The smallest absolute Gasteiger partial charge is 0.0595 e. The van der Waals surface area contributed by atoms with Crippen molar-refractivity contribution in [3.8, 4) is 11.3 Å². The van der Waals surface area contributed by atoms with E-state index in [0.29, 0.717) is 11.3 Å². The summed E-state index contributed by atoms with van der Waals surface area (Å²) >= 11 is 0. The molecule has 0 aliphatic heterocycles. The summed E-state index contributed by atoms with van der Waals surface area (Å²) in [6, 6.07) is 19.2. The largest absolute Gasteiger partial charge is 0.296 e. The Bertz CT molecular complexity index is 682. The Hall–Kier alpha value is -1.53. The first kappa shape index (κ1) is 12.9. The van der Waals surface area contributed by atoms with Gasteiger partial charge in [0.05, 0.1) is 5.52 Å². The van der Waals surface area contributed by atoms with E-state index in [9.17, 15) is 4.39 Å². The summed E-state index contributed by atoms with van der Waals surface area (Å²) in [4.78, 5) is 4.44. The number of hydrogen-bond acceptors (Lipinski definition) is 1. The first-order valence-corrected chi connectivity index (χ1v) is 5.37. The van der Waals surface area contributed by atoms with Gasteiger partial charge in [0.15, 0.2) is 0 Å². The molecular weight excluding hydrogens is 408 g/mol. The van der Waals surface area contributed by atoms with Crippen molar-refractivity contribution >= 4 is 10.9 Å². The molecule has 0 saturated heterocycles. The van der Waals surface area contributed by atoms with Crippen molar-refractivity contribution in [3.63, 3.8) is 0 Å². The fourth-order valence-electron chi connectivity index (χ4n) is 1.82. The maximum atomic E-state index is 13.6. The number of halogens is 1. The number of benzene rings is 2. The maximum Gasteiger partial charge on any atom is 0.0595 e. The van der Waals surface area contributed by atoms with Crippen LogP contribution in [0.3, 0.4) is 0 Å². The van der Waals surface area contributed by atoms with Crippen LogP contribution in [0.5, 0.6) is 0 Å². The van der Waals surface area contributed by atoms with Crippen molar-refractivity contribution in [1.82, 2.24) is 4.98 Å². The van der Waals surface area contributed by atoms with Crippen molar-refractivity contribution in [1.29, 1.82) is 0 Å². The van der Waals surface area contributed by atoms with Crippen molar-refractivity contribution < 1.29 is 25.5 Å². The molecule has 0 radical (unpaired) electrons. The van der Waals surface area contributed by atoms with Crippen LogP contribution in [-0.4, -0.2) is 4.98 Å². The predicted octanol–water partition coefficient (Wildman–Crippen LogP) is 3.84. The van der Waals surface area contributed by atoms with Crippen LogP contribution < -0.4 is 0 Å². The van der Waals surface area contributed by atoms with Gasteiger partial charge >= 0.3 is 0 Å². The number of fused-ring (bicyclic) bond motifs is 1. The van der Waals surface area contributed by atoms with Crippen molar-refractivity contribution in [2.24, 2.45) is 0 Å². The normalized spacial score (nSPS) is 10.1. The summed E-state index contributed by atoms with van der Waals surface area (Å²) in [6.07, 6.45) is 0. The molecule has 0 aliphatic rings. The Morgan fingerprint density at radius 1 is 0.944 bits per heavy atom. The third-order valence-electron chi connectivity index (χ3n) is 2.66. The quantitative estimate of drug-likeness (QED) is 0.549. The van der Waals surface area contributed by atoms with Gasteiger partial charge in [-0.3, -0.25) is 9.37 Å². The monoisotopic (exact) mass is 417 g/mol.